The number of imidazole rings is 2. The number of fused-ring (bicyclic) bond motifs is 6. The van der Waals surface area contributed by atoms with Crippen LogP contribution in [-0.4, -0.2) is 91.0 Å². The third-order valence-electron chi connectivity index (χ3n) is 10.6. The number of rotatable bonds is 7. The van der Waals surface area contributed by atoms with Crippen molar-refractivity contribution >= 4 is 55.7 Å². The van der Waals surface area contributed by atoms with Gasteiger partial charge in [-0.05, 0) is 75.9 Å². The molecule has 2 aromatic carbocycles. The second-order valence-corrected chi connectivity index (χ2v) is 14.9. The number of alkyl halides is 3. The van der Waals surface area contributed by atoms with Crippen molar-refractivity contribution in [1.29, 1.82) is 10.5 Å². The molecule has 0 bridgehead atoms. The Kier molecular flexibility index (Phi) is 13.3. The van der Waals surface area contributed by atoms with E-state index in [9.17, 15) is 33.3 Å². The quantitative estimate of drug-likeness (QED) is 0.175. The van der Waals surface area contributed by atoms with Crippen molar-refractivity contribution in [2.75, 3.05) is 26.8 Å². The average Bonchev–Trinajstić information content (AvgIpc) is 3.78. The van der Waals surface area contributed by atoms with Gasteiger partial charge in [-0.2, -0.15) is 23.7 Å². The van der Waals surface area contributed by atoms with E-state index in [1.54, 1.807) is 36.7 Å². The number of pyridine rings is 2. The van der Waals surface area contributed by atoms with Crippen molar-refractivity contribution in [2.45, 2.75) is 96.7 Å². The molecular formula is C43H47F3N10O4. The predicted molar refractivity (Wildman–Crippen MR) is 219 cm³/mol. The number of carbonyl (C=O) groups excluding carboxylic acids is 2. The van der Waals surface area contributed by atoms with Crippen LogP contribution in [-0.2, 0) is 31.9 Å². The van der Waals surface area contributed by atoms with Crippen LogP contribution in [0.15, 0.2) is 48.8 Å². The highest BCUT2D eigenvalue weighted by atomic mass is 19.4. The van der Waals surface area contributed by atoms with Gasteiger partial charge in [-0.25, -0.2) is 9.97 Å². The normalized spacial score (nSPS) is 19.2. The number of benzene rings is 2. The lowest BCUT2D eigenvalue weighted by Gasteiger charge is -2.30. The zero-order valence-electron chi connectivity index (χ0n) is 34.2. The summed E-state index contributed by atoms with van der Waals surface area (Å²) >= 11 is 0. The number of primary amides is 1. The molecule has 2 saturated heterocycles. The number of nitriles is 2. The minimum absolute atomic E-state index is 0.00887. The molecule has 2 unspecified atom stereocenters. The molecule has 2 aliphatic rings. The number of halogens is 3. The Hall–Kier alpha value is -6.17. The van der Waals surface area contributed by atoms with Gasteiger partial charge in [-0.1, -0.05) is 13.8 Å². The second kappa shape index (κ2) is 18.4. The summed E-state index contributed by atoms with van der Waals surface area (Å²) in [5.41, 5.74) is 10.8. The molecule has 314 valence electrons. The molecule has 60 heavy (non-hydrogen) atoms. The molecule has 14 nitrogen and oxygen atoms in total. The number of ether oxygens (including phenoxy) is 2. The third-order valence-corrected chi connectivity index (χ3v) is 10.6. The molecule has 0 aliphatic carbocycles. The fourth-order valence-electron chi connectivity index (χ4n) is 8.03. The first-order valence-corrected chi connectivity index (χ1v) is 19.9. The van der Waals surface area contributed by atoms with Gasteiger partial charge in [-0.3, -0.25) is 19.6 Å². The van der Waals surface area contributed by atoms with Gasteiger partial charge in [0.05, 0.1) is 82.8 Å². The van der Waals surface area contributed by atoms with Gasteiger partial charge in [0.15, 0.2) is 0 Å². The van der Waals surface area contributed by atoms with Gasteiger partial charge >= 0.3 is 6.18 Å². The van der Waals surface area contributed by atoms with Crippen molar-refractivity contribution in [3.05, 3.63) is 71.6 Å². The molecule has 4 aromatic heterocycles. The van der Waals surface area contributed by atoms with Crippen molar-refractivity contribution in [3.8, 4) is 12.1 Å². The average molecular weight is 825 g/mol. The van der Waals surface area contributed by atoms with Crippen molar-refractivity contribution in [1.82, 2.24) is 34.0 Å². The maximum absolute atomic E-state index is 12.8. The number of nitrogens with zero attached hydrogens (tertiary/aromatic N) is 9. The third kappa shape index (κ3) is 9.48. The van der Waals surface area contributed by atoms with E-state index in [-0.39, 0.29) is 37.1 Å². The predicted octanol–water partition coefficient (Wildman–Crippen LogP) is 7.01. The molecule has 2 aliphatic heterocycles. The largest absolute Gasteiger partial charge is 0.406 e. The zero-order chi connectivity index (χ0) is 43.3. The number of amides is 2. The van der Waals surface area contributed by atoms with E-state index in [2.05, 4.69) is 36.6 Å². The summed E-state index contributed by atoms with van der Waals surface area (Å²) in [6.07, 6.45) is 1.78. The number of nitrogens with two attached hydrogens (primary N) is 1. The Balaban J connectivity index is 0.000000197. The molecule has 4 atom stereocenters. The smallest absolute Gasteiger partial charge is 0.378 e. The number of likely N-dealkylation sites (N-methyl/N-ethyl adjacent to an activating group) is 1. The van der Waals surface area contributed by atoms with Crippen molar-refractivity contribution in [3.63, 3.8) is 0 Å². The molecule has 6 aromatic rings. The van der Waals surface area contributed by atoms with Crippen LogP contribution in [0.25, 0.3) is 43.9 Å². The standard InChI is InChI=1S/C22H22F3N5O2.C19H19N5O2.C2H6/c1-13-7-15(5-6-32-13)30-19(9-20(31)29(2)12-22(23,24)25)28-18-11-27-17-4-3-14(10-26)8-16(17)21(18)30;1-11-6-13(4-5-26-11)24-18(8-17(21)25)23-16-10-22-15-3-2-12(9-20)7-14(15)19(16)24;1-2/h3-4,8,11,13,15H,5-7,9,12H2,1-2H3;2-3,7,10-11,13H,4-6,8H2,1H3,(H2,21,25);1-2H3/t;11-,13-;/m.1./s1. The van der Waals surface area contributed by atoms with Gasteiger partial charge in [0.2, 0.25) is 11.8 Å². The highest BCUT2D eigenvalue weighted by Gasteiger charge is 2.33. The Bertz CT molecular complexity index is 2630. The van der Waals surface area contributed by atoms with E-state index < -0.39 is 24.5 Å². The minimum atomic E-state index is -4.48. The number of carbonyl (C=O) groups is 2. The fraction of sp³-hybridized carbons (Fsp3) is 0.442. The lowest BCUT2D eigenvalue weighted by molar-refractivity contribution is -0.158. The van der Waals surface area contributed by atoms with Crippen LogP contribution in [0.1, 0.15) is 88.2 Å². The lowest BCUT2D eigenvalue weighted by atomic mass is 10.0. The van der Waals surface area contributed by atoms with Gasteiger partial charge in [-0.15, -0.1) is 0 Å². The maximum atomic E-state index is 12.8. The van der Waals surface area contributed by atoms with E-state index >= 15 is 0 Å². The molecule has 2 N–H and O–H groups in total. The molecule has 2 fully saturated rings. The lowest BCUT2D eigenvalue weighted by Crippen LogP contribution is -2.37. The highest BCUT2D eigenvalue weighted by molar-refractivity contribution is 6.04. The summed E-state index contributed by atoms with van der Waals surface area (Å²) in [4.78, 5) is 43.0. The highest BCUT2D eigenvalue weighted by Crippen LogP contribution is 2.36. The van der Waals surface area contributed by atoms with Gasteiger partial charge in [0.25, 0.3) is 0 Å². The zero-order valence-corrected chi connectivity index (χ0v) is 34.2. The molecule has 2 amide bonds. The summed E-state index contributed by atoms with van der Waals surface area (Å²) < 4.78 is 53.7. The number of hydrogen-bond acceptors (Lipinski definition) is 10. The molecule has 0 spiro atoms. The molecule has 0 saturated carbocycles. The molecule has 0 radical (unpaired) electrons. The van der Waals surface area contributed by atoms with E-state index in [4.69, 9.17) is 15.2 Å². The van der Waals surface area contributed by atoms with Crippen molar-refractivity contribution < 1.29 is 32.2 Å². The summed E-state index contributed by atoms with van der Waals surface area (Å²) in [6, 6.07) is 15.0. The second-order valence-electron chi connectivity index (χ2n) is 14.9. The first-order valence-electron chi connectivity index (χ1n) is 19.9. The number of aromatic nitrogens is 6. The van der Waals surface area contributed by atoms with Gasteiger partial charge in [0, 0.05) is 43.1 Å². The summed E-state index contributed by atoms with van der Waals surface area (Å²) in [5, 5.41) is 20.2. The van der Waals surface area contributed by atoms with E-state index in [0.717, 1.165) is 47.2 Å². The van der Waals surface area contributed by atoms with Gasteiger partial charge < -0.3 is 29.2 Å². The molecule has 8 rings (SSSR count). The summed E-state index contributed by atoms with van der Waals surface area (Å²) in [7, 11) is 1.13. The van der Waals surface area contributed by atoms with Crippen molar-refractivity contribution in [2.24, 2.45) is 5.73 Å². The van der Waals surface area contributed by atoms with Crippen LogP contribution in [0.5, 0.6) is 0 Å². The summed E-state index contributed by atoms with van der Waals surface area (Å²) in [6.45, 7) is 7.87. The molecule has 17 heteroatoms. The van der Waals surface area contributed by atoms with E-state index in [1.807, 2.05) is 44.4 Å². The monoisotopic (exact) mass is 824 g/mol. The Labute approximate surface area is 344 Å². The van der Waals surface area contributed by atoms with Crippen LogP contribution in [0.3, 0.4) is 0 Å². The first-order chi connectivity index (χ1) is 28.7. The van der Waals surface area contributed by atoms with Crippen LogP contribution in [0, 0.1) is 22.7 Å². The molecular weight excluding hydrogens is 778 g/mol. The molecule has 6 heterocycles. The Morgan fingerprint density at radius 1 is 0.800 bits per heavy atom. The number of hydrogen-bond donors (Lipinski definition) is 1. The topological polar surface area (TPSA) is 191 Å². The SMILES string of the molecule is CC.CC1CC(n2c(CC(=O)N(C)CC(F)(F)F)nc3cnc4ccc(C#N)cc4c32)CCO1.C[C@@H]1C[C@H](n2c(CC(N)=O)nc3cnc4ccc(C#N)cc4c32)CCO1. The van der Waals surface area contributed by atoms with E-state index in [1.165, 1.54) is 0 Å². The van der Waals surface area contributed by atoms with Crippen LogP contribution in [0.2, 0.25) is 0 Å². The van der Waals surface area contributed by atoms with Crippen LogP contribution >= 0.6 is 0 Å². The fourth-order valence-corrected chi connectivity index (χ4v) is 8.03. The Morgan fingerprint density at radius 2 is 1.25 bits per heavy atom. The maximum Gasteiger partial charge on any atom is 0.406 e. The van der Waals surface area contributed by atoms with Crippen LogP contribution < -0.4 is 5.73 Å². The first kappa shape index (κ1) is 43.4. The van der Waals surface area contributed by atoms with Gasteiger partial charge in [0.1, 0.15) is 29.2 Å². The van der Waals surface area contributed by atoms with E-state index in [0.29, 0.717) is 70.3 Å². The Morgan fingerprint density at radius 3 is 1.65 bits per heavy atom. The van der Waals surface area contributed by atoms with Crippen LogP contribution in [0.4, 0.5) is 13.2 Å². The summed E-state index contributed by atoms with van der Waals surface area (Å²) in [5.74, 6) is -0.0661. The minimum Gasteiger partial charge on any atom is -0.378 e.